The monoisotopic (exact) mass is 369 g/mol. The SMILES string of the molecule is CC(C)n1cc(CN2C[C@@H]3Cn4c(nnc4C(=O)NC4CC4)C[C@H]3C2)cn1. The summed E-state index contributed by atoms with van der Waals surface area (Å²) in [7, 11) is 0. The minimum Gasteiger partial charge on any atom is -0.347 e. The second-order valence-electron chi connectivity index (χ2n) is 8.64. The van der Waals surface area contributed by atoms with E-state index in [0.29, 0.717) is 29.7 Å². The summed E-state index contributed by atoms with van der Waals surface area (Å²) in [6.45, 7) is 8.21. The Bertz CT molecular complexity index is 850. The van der Waals surface area contributed by atoms with E-state index < -0.39 is 0 Å². The molecule has 2 aliphatic heterocycles. The van der Waals surface area contributed by atoms with Crippen LogP contribution in [0.3, 0.4) is 0 Å². The average Bonchev–Trinajstić information content (AvgIpc) is 3.05. The summed E-state index contributed by atoms with van der Waals surface area (Å²) in [4.78, 5) is 14.9. The highest BCUT2D eigenvalue weighted by Gasteiger charge is 2.39. The fourth-order valence-corrected chi connectivity index (χ4v) is 4.40. The van der Waals surface area contributed by atoms with E-state index in [1.54, 1.807) is 0 Å². The number of rotatable bonds is 5. The number of fused-ring (bicyclic) bond motifs is 2. The molecule has 0 unspecified atom stereocenters. The maximum Gasteiger partial charge on any atom is 0.289 e. The van der Waals surface area contributed by atoms with Crippen molar-refractivity contribution in [3.63, 3.8) is 0 Å². The maximum atomic E-state index is 12.4. The molecule has 0 aromatic carbocycles. The molecule has 1 N–H and O–H groups in total. The van der Waals surface area contributed by atoms with Crippen LogP contribution in [0.4, 0.5) is 0 Å². The van der Waals surface area contributed by atoms with Gasteiger partial charge in [-0.1, -0.05) is 0 Å². The Balaban J connectivity index is 1.25. The third kappa shape index (κ3) is 3.26. The van der Waals surface area contributed by atoms with Crippen molar-refractivity contribution < 1.29 is 4.79 Å². The number of likely N-dealkylation sites (tertiary alicyclic amines) is 1. The van der Waals surface area contributed by atoms with Crippen LogP contribution in [0.15, 0.2) is 12.4 Å². The molecule has 27 heavy (non-hydrogen) atoms. The Morgan fingerprint density at radius 2 is 2.04 bits per heavy atom. The lowest BCUT2D eigenvalue weighted by atomic mass is 9.89. The molecule has 2 atom stereocenters. The predicted molar refractivity (Wildman–Crippen MR) is 99.1 cm³/mol. The first-order chi connectivity index (χ1) is 13.1. The third-order valence-corrected chi connectivity index (χ3v) is 6.05. The summed E-state index contributed by atoms with van der Waals surface area (Å²) < 4.78 is 4.07. The zero-order chi connectivity index (χ0) is 18.5. The fraction of sp³-hybridized carbons (Fsp3) is 0.684. The van der Waals surface area contributed by atoms with Crippen LogP contribution in [-0.2, 0) is 19.5 Å². The standard InChI is InChI=1S/C19H27N7O/c1-12(2)26-8-13(6-20-26)7-24-9-14-5-17-22-23-18(19(27)21-16-3-4-16)25(17)11-15(14)10-24/h6,8,12,14-16H,3-5,7,9-11H2,1-2H3,(H,21,27)/t14-,15+/m0/s1. The number of aromatic nitrogens is 5. The minimum atomic E-state index is -0.0642. The van der Waals surface area contributed by atoms with Gasteiger partial charge in [-0.05, 0) is 38.5 Å². The van der Waals surface area contributed by atoms with Gasteiger partial charge in [0.2, 0.25) is 5.82 Å². The molecule has 5 rings (SSSR count). The van der Waals surface area contributed by atoms with Crippen molar-refractivity contribution in [2.45, 2.75) is 58.3 Å². The summed E-state index contributed by atoms with van der Waals surface area (Å²) in [5, 5.41) is 16.0. The van der Waals surface area contributed by atoms with Gasteiger partial charge >= 0.3 is 0 Å². The van der Waals surface area contributed by atoms with Crippen molar-refractivity contribution in [3.05, 3.63) is 29.6 Å². The molecule has 144 valence electrons. The molecule has 3 aliphatic rings. The van der Waals surface area contributed by atoms with Gasteiger partial charge in [-0.3, -0.25) is 14.4 Å². The first-order valence-corrected chi connectivity index (χ1v) is 10.0. The Labute approximate surface area is 158 Å². The molecule has 0 radical (unpaired) electrons. The van der Waals surface area contributed by atoms with Crippen LogP contribution in [0.5, 0.6) is 0 Å². The van der Waals surface area contributed by atoms with Gasteiger partial charge < -0.3 is 9.88 Å². The fourth-order valence-electron chi connectivity index (χ4n) is 4.40. The van der Waals surface area contributed by atoms with Gasteiger partial charge in [-0.15, -0.1) is 10.2 Å². The van der Waals surface area contributed by atoms with Gasteiger partial charge in [0.1, 0.15) is 5.82 Å². The quantitative estimate of drug-likeness (QED) is 0.858. The molecular formula is C19H27N7O. The van der Waals surface area contributed by atoms with Gasteiger partial charge in [-0.25, -0.2) is 0 Å². The summed E-state index contributed by atoms with van der Waals surface area (Å²) in [5.74, 6) is 2.55. The molecule has 1 saturated carbocycles. The van der Waals surface area contributed by atoms with Gasteiger partial charge in [0.15, 0.2) is 0 Å². The molecule has 2 aromatic heterocycles. The molecule has 1 saturated heterocycles. The number of nitrogens with one attached hydrogen (secondary N) is 1. The normalized spacial score (nSPS) is 24.9. The first-order valence-electron chi connectivity index (χ1n) is 10.0. The highest BCUT2D eigenvalue weighted by molar-refractivity contribution is 5.91. The molecule has 4 heterocycles. The molecule has 1 amide bonds. The van der Waals surface area contributed by atoms with Crippen molar-refractivity contribution in [2.24, 2.45) is 11.8 Å². The Morgan fingerprint density at radius 1 is 1.22 bits per heavy atom. The van der Waals surface area contributed by atoms with Gasteiger partial charge in [0, 0.05) is 56.4 Å². The lowest BCUT2D eigenvalue weighted by Gasteiger charge is -2.25. The summed E-state index contributed by atoms with van der Waals surface area (Å²) in [5.41, 5.74) is 1.27. The number of carbonyl (C=O) groups is 1. The minimum absolute atomic E-state index is 0.0642. The van der Waals surface area contributed by atoms with Gasteiger partial charge in [0.05, 0.1) is 6.20 Å². The van der Waals surface area contributed by atoms with Crippen LogP contribution in [-0.4, -0.2) is 54.5 Å². The van der Waals surface area contributed by atoms with E-state index in [2.05, 4.69) is 50.1 Å². The number of hydrogen-bond donors (Lipinski definition) is 1. The number of nitrogens with zero attached hydrogens (tertiary/aromatic N) is 6. The highest BCUT2D eigenvalue weighted by atomic mass is 16.2. The van der Waals surface area contributed by atoms with Crippen LogP contribution < -0.4 is 5.32 Å². The van der Waals surface area contributed by atoms with E-state index in [0.717, 1.165) is 51.3 Å². The lowest BCUT2D eigenvalue weighted by Crippen LogP contribution is -2.33. The topological polar surface area (TPSA) is 80.9 Å². The van der Waals surface area contributed by atoms with E-state index >= 15 is 0 Å². The zero-order valence-corrected chi connectivity index (χ0v) is 16.0. The van der Waals surface area contributed by atoms with Gasteiger partial charge in [0.25, 0.3) is 5.91 Å². The number of amides is 1. The molecule has 8 nitrogen and oxygen atoms in total. The Morgan fingerprint density at radius 3 is 2.78 bits per heavy atom. The van der Waals surface area contributed by atoms with Crippen molar-refractivity contribution in [3.8, 4) is 0 Å². The van der Waals surface area contributed by atoms with E-state index in [-0.39, 0.29) is 5.91 Å². The lowest BCUT2D eigenvalue weighted by molar-refractivity contribution is 0.0932. The van der Waals surface area contributed by atoms with E-state index in [1.165, 1.54) is 5.56 Å². The van der Waals surface area contributed by atoms with E-state index in [1.807, 2.05) is 10.9 Å². The third-order valence-electron chi connectivity index (χ3n) is 6.05. The van der Waals surface area contributed by atoms with Crippen molar-refractivity contribution >= 4 is 5.91 Å². The maximum absolute atomic E-state index is 12.4. The van der Waals surface area contributed by atoms with E-state index in [9.17, 15) is 4.79 Å². The second-order valence-corrected chi connectivity index (χ2v) is 8.64. The molecule has 8 heteroatoms. The summed E-state index contributed by atoms with van der Waals surface area (Å²) in [6, 6.07) is 0.736. The van der Waals surface area contributed by atoms with Crippen LogP contribution in [0, 0.1) is 11.8 Å². The number of hydrogen-bond acceptors (Lipinski definition) is 5. The molecule has 2 aromatic rings. The number of carbonyl (C=O) groups excluding carboxylic acids is 1. The highest BCUT2D eigenvalue weighted by Crippen LogP contribution is 2.33. The Kier molecular flexibility index (Phi) is 4.03. The smallest absolute Gasteiger partial charge is 0.289 e. The summed E-state index contributed by atoms with van der Waals surface area (Å²) in [6.07, 6.45) is 7.22. The van der Waals surface area contributed by atoms with E-state index in [4.69, 9.17) is 0 Å². The average molecular weight is 369 g/mol. The van der Waals surface area contributed by atoms with Crippen molar-refractivity contribution in [1.82, 2.24) is 34.8 Å². The first kappa shape index (κ1) is 16.9. The largest absolute Gasteiger partial charge is 0.347 e. The second kappa shape index (κ2) is 6.44. The molecule has 1 aliphatic carbocycles. The van der Waals surface area contributed by atoms with Crippen molar-refractivity contribution in [2.75, 3.05) is 13.1 Å². The molecule has 0 spiro atoms. The van der Waals surface area contributed by atoms with Crippen LogP contribution in [0.2, 0.25) is 0 Å². The van der Waals surface area contributed by atoms with Crippen LogP contribution in [0.1, 0.15) is 54.7 Å². The van der Waals surface area contributed by atoms with Crippen LogP contribution in [0.25, 0.3) is 0 Å². The van der Waals surface area contributed by atoms with Gasteiger partial charge in [-0.2, -0.15) is 5.10 Å². The molecular weight excluding hydrogens is 342 g/mol. The summed E-state index contributed by atoms with van der Waals surface area (Å²) >= 11 is 0. The Hall–Kier alpha value is -2.22. The van der Waals surface area contributed by atoms with Crippen molar-refractivity contribution in [1.29, 1.82) is 0 Å². The molecule has 2 fully saturated rings. The predicted octanol–water partition coefficient (Wildman–Crippen LogP) is 1.25. The molecule has 0 bridgehead atoms. The van der Waals surface area contributed by atoms with Crippen LogP contribution >= 0.6 is 0 Å². The zero-order valence-electron chi connectivity index (χ0n) is 16.0.